The number of nitrogens with one attached hydrogen (secondary N) is 2. The van der Waals surface area contributed by atoms with E-state index in [4.69, 9.17) is 0 Å². The first kappa shape index (κ1) is 17.2. The molecule has 7 heteroatoms. The molecule has 0 unspecified atom stereocenters. The topological polar surface area (TPSA) is 41.1 Å². The van der Waals surface area contributed by atoms with Crippen LogP contribution in [0.2, 0.25) is 0 Å². The number of halogens is 3. The third-order valence-electron chi connectivity index (χ3n) is 3.01. The van der Waals surface area contributed by atoms with Crippen LogP contribution in [0, 0.1) is 5.92 Å². The van der Waals surface area contributed by atoms with E-state index in [0.29, 0.717) is 28.9 Å². The van der Waals surface area contributed by atoms with Crippen LogP contribution in [0.4, 0.5) is 14.5 Å². The maximum atomic E-state index is 12.2. The Kier molecular flexibility index (Phi) is 7.26. The molecule has 2 rings (SSSR count). The van der Waals surface area contributed by atoms with E-state index >= 15 is 0 Å². The van der Waals surface area contributed by atoms with Crippen LogP contribution < -0.4 is 10.6 Å². The van der Waals surface area contributed by atoms with Gasteiger partial charge in [-0.2, -0.15) is 8.78 Å². The number of carbonyl (C=O) groups excluding carboxylic acids is 1. The zero-order valence-electron chi connectivity index (χ0n) is 10.8. The maximum Gasteiger partial charge on any atom is 0.288 e. The van der Waals surface area contributed by atoms with E-state index in [1.165, 1.54) is 0 Å². The Morgan fingerprint density at radius 1 is 1.35 bits per heavy atom. The third kappa shape index (κ3) is 5.26. The lowest BCUT2D eigenvalue weighted by atomic mass is 9.99. The summed E-state index contributed by atoms with van der Waals surface area (Å²) in [6, 6.07) is 6.48. The number of thioether (sulfide) groups is 1. The first-order valence-corrected chi connectivity index (χ1v) is 7.09. The number of piperidine rings is 1. The summed E-state index contributed by atoms with van der Waals surface area (Å²) in [7, 11) is 0. The van der Waals surface area contributed by atoms with Gasteiger partial charge in [-0.3, -0.25) is 4.79 Å². The largest absolute Gasteiger partial charge is 0.326 e. The molecule has 1 aliphatic heterocycles. The number of hydrogen-bond acceptors (Lipinski definition) is 3. The summed E-state index contributed by atoms with van der Waals surface area (Å²) in [5, 5.41) is 6.00. The fourth-order valence-corrected chi connectivity index (χ4v) is 2.54. The van der Waals surface area contributed by atoms with Crippen LogP contribution in [0.1, 0.15) is 12.8 Å². The molecular weight excluding hydrogens is 306 g/mol. The smallest absolute Gasteiger partial charge is 0.288 e. The molecule has 1 heterocycles. The van der Waals surface area contributed by atoms with Crippen LogP contribution >= 0.6 is 24.2 Å². The Morgan fingerprint density at radius 3 is 2.60 bits per heavy atom. The van der Waals surface area contributed by atoms with E-state index in [-0.39, 0.29) is 24.2 Å². The highest BCUT2D eigenvalue weighted by molar-refractivity contribution is 7.99. The van der Waals surface area contributed by atoms with E-state index in [1.54, 1.807) is 24.3 Å². The van der Waals surface area contributed by atoms with E-state index in [9.17, 15) is 13.6 Å². The Balaban J connectivity index is 0.00000200. The van der Waals surface area contributed by atoms with Crippen LogP contribution in [0.5, 0.6) is 0 Å². The van der Waals surface area contributed by atoms with Crippen molar-refractivity contribution < 1.29 is 13.6 Å². The summed E-state index contributed by atoms with van der Waals surface area (Å²) in [5.41, 5.74) is 0.647. The second-order valence-corrected chi connectivity index (χ2v) is 5.50. The molecule has 1 aromatic carbocycles. The maximum absolute atomic E-state index is 12.2. The van der Waals surface area contributed by atoms with E-state index in [0.717, 1.165) is 19.4 Å². The summed E-state index contributed by atoms with van der Waals surface area (Å²) in [4.78, 5) is 12.4. The van der Waals surface area contributed by atoms with Gasteiger partial charge >= 0.3 is 0 Å². The molecule has 1 aliphatic rings. The van der Waals surface area contributed by atoms with Gasteiger partial charge in [-0.1, -0.05) is 11.8 Å². The van der Waals surface area contributed by atoms with Gasteiger partial charge in [0.2, 0.25) is 5.91 Å². The molecule has 1 aromatic rings. The molecule has 0 saturated carbocycles. The van der Waals surface area contributed by atoms with Gasteiger partial charge in [0.15, 0.2) is 0 Å². The number of rotatable bonds is 4. The number of benzene rings is 1. The van der Waals surface area contributed by atoms with Crippen molar-refractivity contribution in [1.29, 1.82) is 0 Å². The Hall–Kier alpha value is -0.850. The lowest BCUT2D eigenvalue weighted by Gasteiger charge is -2.21. The van der Waals surface area contributed by atoms with Crippen LogP contribution in [0.3, 0.4) is 0 Å². The van der Waals surface area contributed by atoms with Crippen molar-refractivity contribution in [3.05, 3.63) is 24.3 Å². The average molecular weight is 323 g/mol. The summed E-state index contributed by atoms with van der Waals surface area (Å²) in [6.07, 6.45) is 1.89. The van der Waals surface area contributed by atoms with Crippen LogP contribution in [-0.2, 0) is 4.79 Å². The Morgan fingerprint density at radius 2 is 2.05 bits per heavy atom. The number of hydrogen-bond donors (Lipinski definition) is 2. The molecule has 1 fully saturated rings. The molecule has 0 radical (unpaired) electrons. The third-order valence-corrected chi connectivity index (χ3v) is 3.74. The van der Waals surface area contributed by atoms with Gasteiger partial charge < -0.3 is 10.6 Å². The predicted octanol–water partition coefficient (Wildman–Crippen LogP) is 3.36. The predicted molar refractivity (Wildman–Crippen MR) is 79.8 cm³/mol. The zero-order chi connectivity index (χ0) is 13.7. The molecule has 3 nitrogen and oxygen atoms in total. The van der Waals surface area contributed by atoms with Crippen molar-refractivity contribution >= 4 is 35.8 Å². The zero-order valence-corrected chi connectivity index (χ0v) is 12.4. The lowest BCUT2D eigenvalue weighted by molar-refractivity contribution is -0.120. The van der Waals surface area contributed by atoms with Gasteiger partial charge in [-0.25, -0.2) is 0 Å². The Bertz CT molecular complexity index is 425. The summed E-state index contributed by atoms with van der Waals surface area (Å²) >= 11 is 0.498. The summed E-state index contributed by atoms with van der Waals surface area (Å²) in [5.74, 6) is -2.45. The fraction of sp³-hybridized carbons (Fsp3) is 0.462. The second-order valence-electron chi connectivity index (χ2n) is 4.44. The minimum atomic E-state index is -2.42. The summed E-state index contributed by atoms with van der Waals surface area (Å²) < 4.78 is 24.3. The van der Waals surface area contributed by atoms with E-state index in [2.05, 4.69) is 10.6 Å². The highest BCUT2D eigenvalue weighted by Crippen LogP contribution is 2.26. The van der Waals surface area contributed by atoms with Crippen molar-refractivity contribution in [3.63, 3.8) is 0 Å². The highest BCUT2D eigenvalue weighted by atomic mass is 35.5. The summed E-state index contributed by atoms with van der Waals surface area (Å²) in [6.45, 7) is 1.66. The van der Waals surface area contributed by atoms with E-state index < -0.39 is 5.76 Å². The van der Waals surface area contributed by atoms with Gasteiger partial charge in [0, 0.05) is 17.1 Å². The fourth-order valence-electron chi connectivity index (χ4n) is 2.04. The van der Waals surface area contributed by atoms with Gasteiger partial charge in [0.25, 0.3) is 5.76 Å². The molecular formula is C13H17ClF2N2OS. The minimum absolute atomic E-state index is 0. The first-order valence-electron chi connectivity index (χ1n) is 6.21. The number of anilines is 1. The SMILES string of the molecule is Cl.O=C(Nc1ccc(SC(F)F)cc1)[C@@H]1CCCNC1. The molecule has 1 saturated heterocycles. The van der Waals surface area contributed by atoms with Crippen molar-refractivity contribution in [3.8, 4) is 0 Å². The van der Waals surface area contributed by atoms with Gasteiger partial charge in [-0.15, -0.1) is 12.4 Å². The molecule has 0 aromatic heterocycles. The molecule has 1 atom stereocenters. The second kappa shape index (κ2) is 8.44. The molecule has 1 amide bonds. The Labute approximate surface area is 127 Å². The normalized spacial score (nSPS) is 18.4. The molecule has 2 N–H and O–H groups in total. The molecule has 20 heavy (non-hydrogen) atoms. The van der Waals surface area contributed by atoms with Crippen LogP contribution in [0.15, 0.2) is 29.2 Å². The number of amides is 1. The average Bonchev–Trinajstić information content (AvgIpc) is 2.41. The monoisotopic (exact) mass is 322 g/mol. The lowest BCUT2D eigenvalue weighted by Crippen LogP contribution is -2.37. The van der Waals surface area contributed by atoms with Crippen molar-refractivity contribution in [1.82, 2.24) is 5.32 Å². The van der Waals surface area contributed by atoms with Crippen molar-refractivity contribution in [2.45, 2.75) is 23.5 Å². The molecule has 0 aliphatic carbocycles. The molecule has 0 spiro atoms. The first-order chi connectivity index (χ1) is 9.15. The van der Waals surface area contributed by atoms with Gasteiger partial charge in [-0.05, 0) is 43.7 Å². The quantitative estimate of drug-likeness (QED) is 0.835. The number of carbonyl (C=O) groups is 1. The molecule has 112 valence electrons. The van der Waals surface area contributed by atoms with E-state index in [1.807, 2.05) is 0 Å². The molecule has 0 bridgehead atoms. The van der Waals surface area contributed by atoms with Crippen LogP contribution in [0.25, 0.3) is 0 Å². The minimum Gasteiger partial charge on any atom is -0.326 e. The van der Waals surface area contributed by atoms with Gasteiger partial charge in [0.1, 0.15) is 0 Å². The van der Waals surface area contributed by atoms with Gasteiger partial charge in [0.05, 0.1) is 5.92 Å². The van der Waals surface area contributed by atoms with Crippen molar-refractivity contribution in [2.75, 3.05) is 18.4 Å². The number of alkyl halides is 2. The van der Waals surface area contributed by atoms with Crippen LogP contribution in [-0.4, -0.2) is 24.8 Å². The standard InChI is InChI=1S/C13H16F2N2OS.ClH/c14-13(15)19-11-5-3-10(4-6-11)17-12(18)9-2-1-7-16-8-9;/h3-6,9,13,16H,1-2,7-8H2,(H,17,18);1H/t9-;/m1./s1. The highest BCUT2D eigenvalue weighted by Gasteiger charge is 2.20. The van der Waals surface area contributed by atoms with Crippen molar-refractivity contribution in [2.24, 2.45) is 5.92 Å².